The minimum absolute atomic E-state index is 0.0428. The van der Waals surface area contributed by atoms with Crippen LogP contribution in [0.25, 0.3) is 0 Å². The first-order valence-electron chi connectivity index (χ1n) is 23.0. The molecule has 1 unspecified atom stereocenters. The van der Waals surface area contributed by atoms with Crippen LogP contribution in [0.3, 0.4) is 0 Å². The number of unbranched alkanes of at least 4 members (excludes halogenated alkanes) is 17. The van der Waals surface area contributed by atoms with Gasteiger partial charge in [-0.1, -0.05) is 177 Å². The number of allylic oxidation sites excluding steroid dienone is 10. The van der Waals surface area contributed by atoms with Crippen molar-refractivity contribution >= 4 is 19.8 Å². The van der Waals surface area contributed by atoms with Crippen molar-refractivity contribution in [3.05, 3.63) is 60.8 Å². The van der Waals surface area contributed by atoms with E-state index in [0.717, 1.165) is 44.9 Å². The molecule has 2 atom stereocenters. The highest BCUT2D eigenvalue weighted by Crippen LogP contribution is 2.38. The summed E-state index contributed by atoms with van der Waals surface area (Å²) in [6.07, 6.45) is 48.3. The maximum atomic E-state index is 12.7. The zero-order valence-corrected chi connectivity index (χ0v) is 38.6. The Labute approximate surface area is 356 Å². The minimum atomic E-state index is -4.64. The normalized spacial score (nSPS) is 14.1. The molecule has 0 rings (SSSR count). The van der Waals surface area contributed by atoms with E-state index >= 15 is 0 Å². The molecule has 9 nitrogen and oxygen atoms in total. The molecule has 0 heterocycles. The predicted molar refractivity (Wildman–Crippen MR) is 240 cm³/mol. The number of ether oxygens (including phenoxy) is 2. The Bertz CT molecular complexity index is 1170. The van der Waals surface area contributed by atoms with Crippen molar-refractivity contribution in [2.24, 2.45) is 0 Å². The first-order valence-corrected chi connectivity index (χ1v) is 24.5. The SMILES string of the molecule is CCCCC/C=C/C/C=C/C/C=C/C/C=C/C/C=C/CCC(=O)OC[C@H](COP(=O)([O-])OCC[N+](C)(C)C)OC(=O)CCCCCCCCCCCCCCCCC. The number of likely N-dealkylation sites (N-methyl/N-ethyl adjacent to an activating group) is 1. The monoisotopic (exact) mass is 836 g/mol. The van der Waals surface area contributed by atoms with Gasteiger partial charge in [-0.25, -0.2) is 0 Å². The second-order valence-corrected chi connectivity index (χ2v) is 17.8. The number of hydrogen-bond acceptors (Lipinski definition) is 8. The van der Waals surface area contributed by atoms with E-state index in [-0.39, 0.29) is 26.1 Å². The molecule has 58 heavy (non-hydrogen) atoms. The van der Waals surface area contributed by atoms with Crippen LogP contribution in [-0.2, 0) is 32.7 Å². The molecule has 0 saturated heterocycles. The fourth-order valence-corrected chi connectivity index (χ4v) is 6.66. The number of hydrogen-bond donors (Lipinski definition) is 0. The molecular formula is C48H86NO8P. The third-order valence-corrected chi connectivity index (χ3v) is 10.5. The van der Waals surface area contributed by atoms with Crippen LogP contribution in [-0.4, -0.2) is 70.0 Å². The largest absolute Gasteiger partial charge is 0.756 e. The lowest BCUT2D eigenvalue weighted by molar-refractivity contribution is -0.870. The zero-order valence-electron chi connectivity index (χ0n) is 37.7. The molecule has 0 aliphatic heterocycles. The van der Waals surface area contributed by atoms with Crippen molar-refractivity contribution < 1.29 is 42.1 Å². The molecule has 0 spiro atoms. The average Bonchev–Trinajstić information content (AvgIpc) is 3.17. The molecule has 10 heteroatoms. The van der Waals surface area contributed by atoms with Crippen molar-refractivity contribution in [2.45, 2.75) is 187 Å². The first-order chi connectivity index (χ1) is 28.0. The van der Waals surface area contributed by atoms with E-state index in [1.165, 1.54) is 96.3 Å². The Kier molecular flexibility index (Phi) is 38.5. The lowest BCUT2D eigenvalue weighted by Crippen LogP contribution is -2.37. The summed E-state index contributed by atoms with van der Waals surface area (Å²) in [5.74, 6) is -0.930. The molecule has 0 aliphatic rings. The molecule has 0 N–H and O–H groups in total. The van der Waals surface area contributed by atoms with Crippen molar-refractivity contribution in [3.63, 3.8) is 0 Å². The lowest BCUT2D eigenvalue weighted by atomic mass is 10.0. The van der Waals surface area contributed by atoms with Crippen molar-refractivity contribution in [1.82, 2.24) is 0 Å². The van der Waals surface area contributed by atoms with Crippen LogP contribution in [0.15, 0.2) is 60.8 Å². The van der Waals surface area contributed by atoms with Crippen LogP contribution < -0.4 is 4.89 Å². The highest BCUT2D eigenvalue weighted by Gasteiger charge is 2.21. The summed E-state index contributed by atoms with van der Waals surface area (Å²) >= 11 is 0. The van der Waals surface area contributed by atoms with E-state index in [9.17, 15) is 19.0 Å². The van der Waals surface area contributed by atoms with Gasteiger partial charge in [0.2, 0.25) is 0 Å². The smallest absolute Gasteiger partial charge is 0.306 e. The van der Waals surface area contributed by atoms with Crippen molar-refractivity contribution in [1.29, 1.82) is 0 Å². The second kappa shape index (κ2) is 40.1. The molecule has 0 bridgehead atoms. The van der Waals surface area contributed by atoms with Gasteiger partial charge in [0, 0.05) is 12.8 Å². The topological polar surface area (TPSA) is 111 Å². The minimum Gasteiger partial charge on any atom is -0.756 e. The summed E-state index contributed by atoms with van der Waals surface area (Å²) in [5.41, 5.74) is 0. The zero-order chi connectivity index (χ0) is 42.8. The number of phosphoric acid groups is 1. The Morgan fingerprint density at radius 3 is 1.45 bits per heavy atom. The van der Waals surface area contributed by atoms with E-state index in [1.807, 2.05) is 33.3 Å². The summed E-state index contributed by atoms with van der Waals surface area (Å²) in [6, 6.07) is 0. The molecule has 0 aromatic carbocycles. The number of rotatable bonds is 41. The molecule has 0 aromatic heterocycles. The van der Waals surface area contributed by atoms with E-state index in [4.69, 9.17) is 18.5 Å². The van der Waals surface area contributed by atoms with Gasteiger partial charge in [0.25, 0.3) is 7.82 Å². The second-order valence-electron chi connectivity index (χ2n) is 16.4. The molecule has 0 radical (unpaired) electrons. The maximum Gasteiger partial charge on any atom is 0.306 e. The summed E-state index contributed by atoms with van der Waals surface area (Å²) in [7, 11) is 1.13. The molecule has 0 aromatic rings. The molecule has 0 saturated carbocycles. The van der Waals surface area contributed by atoms with Gasteiger partial charge in [0.1, 0.15) is 19.8 Å². The lowest BCUT2D eigenvalue weighted by Gasteiger charge is -2.28. The first kappa shape index (κ1) is 55.7. The van der Waals surface area contributed by atoms with Crippen LogP contribution in [0.2, 0.25) is 0 Å². The molecular weight excluding hydrogens is 750 g/mol. The van der Waals surface area contributed by atoms with Gasteiger partial charge in [0.05, 0.1) is 27.7 Å². The Hall–Kier alpha value is -2.29. The standard InChI is InChI=1S/C48H86NO8P/c1-6-8-10-12-14-16-18-20-22-23-24-25-27-28-30-32-34-36-38-40-47(50)54-44-46(45-56-58(52,53)55-43-42-49(3,4)5)57-48(51)41-39-37-35-33-31-29-26-21-19-17-15-13-11-9-7-2/h14,16,20,22,24-25,28,30,34,36,46H,6-13,15,17-19,21,23,26-27,29,31-33,35,37-45H2,1-5H3/b16-14+,22-20+,25-24+,30-28+,36-34+/t46-/m1/s1. The van der Waals surface area contributed by atoms with Crippen molar-refractivity contribution in [2.75, 3.05) is 47.5 Å². The predicted octanol–water partition coefficient (Wildman–Crippen LogP) is 12.6. The Morgan fingerprint density at radius 2 is 0.966 bits per heavy atom. The highest BCUT2D eigenvalue weighted by atomic mass is 31.2. The summed E-state index contributed by atoms with van der Waals surface area (Å²) < 4.78 is 33.8. The molecule has 0 aliphatic carbocycles. The quantitative estimate of drug-likeness (QED) is 0.0197. The number of nitrogens with zero attached hydrogens (tertiary/aromatic N) is 1. The van der Waals surface area contributed by atoms with Gasteiger partial charge in [-0.2, -0.15) is 0 Å². The van der Waals surface area contributed by atoms with Crippen LogP contribution in [0.1, 0.15) is 181 Å². The number of carbonyl (C=O) groups excluding carboxylic acids is 2. The Balaban J connectivity index is 4.45. The third kappa shape index (κ3) is 43.3. The number of phosphoric ester groups is 1. The van der Waals surface area contributed by atoms with E-state index < -0.39 is 32.5 Å². The van der Waals surface area contributed by atoms with Gasteiger partial charge in [-0.3, -0.25) is 14.2 Å². The molecule has 0 fully saturated rings. The summed E-state index contributed by atoms with van der Waals surface area (Å²) in [5, 5.41) is 0. The van der Waals surface area contributed by atoms with Crippen LogP contribution >= 0.6 is 7.82 Å². The number of carbonyl (C=O) groups is 2. The van der Waals surface area contributed by atoms with Gasteiger partial charge < -0.3 is 27.9 Å². The third-order valence-electron chi connectivity index (χ3n) is 9.55. The van der Waals surface area contributed by atoms with Gasteiger partial charge in [0.15, 0.2) is 6.10 Å². The number of quaternary nitrogens is 1. The van der Waals surface area contributed by atoms with E-state index in [2.05, 4.69) is 62.5 Å². The van der Waals surface area contributed by atoms with Crippen LogP contribution in [0.4, 0.5) is 0 Å². The summed E-state index contributed by atoms with van der Waals surface area (Å²) in [6.45, 7) is 4.12. The summed E-state index contributed by atoms with van der Waals surface area (Å²) in [4.78, 5) is 37.5. The Morgan fingerprint density at radius 1 is 0.534 bits per heavy atom. The fraction of sp³-hybridized carbons (Fsp3) is 0.750. The fourth-order valence-electron chi connectivity index (χ4n) is 5.93. The molecule has 0 amide bonds. The van der Waals surface area contributed by atoms with Gasteiger partial charge in [-0.05, 0) is 51.4 Å². The molecule has 336 valence electrons. The number of esters is 2. The van der Waals surface area contributed by atoms with Crippen LogP contribution in [0.5, 0.6) is 0 Å². The van der Waals surface area contributed by atoms with Gasteiger partial charge >= 0.3 is 11.9 Å². The van der Waals surface area contributed by atoms with Crippen molar-refractivity contribution in [3.8, 4) is 0 Å². The maximum absolute atomic E-state index is 12.7. The van der Waals surface area contributed by atoms with E-state index in [0.29, 0.717) is 23.9 Å². The van der Waals surface area contributed by atoms with Gasteiger partial charge in [-0.15, -0.1) is 0 Å². The highest BCUT2D eigenvalue weighted by molar-refractivity contribution is 7.45. The van der Waals surface area contributed by atoms with E-state index in [1.54, 1.807) is 0 Å². The average molecular weight is 836 g/mol. The van der Waals surface area contributed by atoms with Crippen LogP contribution in [0, 0.1) is 0 Å².